The van der Waals surface area contributed by atoms with E-state index >= 15 is 0 Å². The van der Waals surface area contributed by atoms with Gasteiger partial charge in [-0.1, -0.05) is 24.3 Å². The first-order valence-electron chi connectivity index (χ1n) is 10.9. The van der Waals surface area contributed by atoms with Gasteiger partial charge in [0.15, 0.2) is 5.82 Å². The Balaban J connectivity index is 1.59. The van der Waals surface area contributed by atoms with E-state index in [1.807, 2.05) is 36.4 Å². The number of halogens is 1. The normalized spacial score (nSPS) is 13.4. The number of aromatic nitrogens is 2. The first-order valence-corrected chi connectivity index (χ1v) is 10.9. The number of pyridine rings is 2. The van der Waals surface area contributed by atoms with Crippen molar-refractivity contribution in [1.29, 1.82) is 0 Å². The molecule has 0 unspecified atom stereocenters. The van der Waals surface area contributed by atoms with E-state index in [0.717, 1.165) is 28.8 Å². The zero-order chi connectivity index (χ0) is 23.0. The molecule has 1 N–H and O–H groups in total. The second-order valence-electron chi connectivity index (χ2n) is 7.94. The highest BCUT2D eigenvalue weighted by molar-refractivity contribution is 5.87. The highest BCUT2D eigenvalue weighted by Crippen LogP contribution is 2.30. The number of carbonyl (C=O) groups is 2. The number of carbonyl (C=O) groups excluding carboxylic acids is 2. The van der Waals surface area contributed by atoms with Crippen molar-refractivity contribution in [3.05, 3.63) is 89.6 Å². The third kappa shape index (κ3) is 5.88. The van der Waals surface area contributed by atoms with Crippen molar-refractivity contribution in [3.63, 3.8) is 0 Å². The zero-order valence-corrected chi connectivity index (χ0v) is 18.2. The number of nitrogens with one attached hydrogen (secondary N) is 1. The summed E-state index contributed by atoms with van der Waals surface area (Å²) in [6.07, 6.45) is 8.30. The van der Waals surface area contributed by atoms with Gasteiger partial charge in [-0.25, -0.2) is 9.37 Å². The Labute approximate surface area is 192 Å². The molecule has 3 aromatic rings. The number of Topliss-reactive ketones (excluding diaryl/α,β-unsaturated/α-hetero) is 1. The molecule has 2 heterocycles. The van der Waals surface area contributed by atoms with Crippen molar-refractivity contribution in [2.24, 2.45) is 0 Å². The highest BCUT2D eigenvalue weighted by atomic mass is 19.1. The molecule has 0 atom stereocenters. The summed E-state index contributed by atoms with van der Waals surface area (Å²) in [6.45, 7) is 0.873. The van der Waals surface area contributed by atoms with Crippen molar-refractivity contribution < 1.29 is 14.0 Å². The fourth-order valence-electron chi connectivity index (χ4n) is 3.83. The van der Waals surface area contributed by atoms with Gasteiger partial charge in [0, 0.05) is 31.8 Å². The van der Waals surface area contributed by atoms with Crippen LogP contribution in [0.1, 0.15) is 36.1 Å². The van der Waals surface area contributed by atoms with Gasteiger partial charge in [-0.05, 0) is 59.9 Å². The predicted octanol–water partition coefficient (Wildman–Crippen LogP) is 4.57. The lowest BCUT2D eigenvalue weighted by Crippen LogP contribution is -2.23. The SMILES string of the molecule is O=CN(Cc1cccnc1)c1ccc(C2=CCC(=O)CC2)nc1NCCc1cccc(F)c1. The summed E-state index contributed by atoms with van der Waals surface area (Å²) < 4.78 is 13.5. The molecule has 0 radical (unpaired) electrons. The number of benzene rings is 1. The number of hydrogen-bond donors (Lipinski definition) is 1. The van der Waals surface area contributed by atoms with Crippen LogP contribution in [-0.4, -0.2) is 28.7 Å². The Morgan fingerprint density at radius 1 is 1.09 bits per heavy atom. The number of anilines is 2. The molecule has 1 aliphatic carbocycles. The van der Waals surface area contributed by atoms with Crippen molar-refractivity contribution >= 4 is 29.3 Å². The fourth-order valence-corrected chi connectivity index (χ4v) is 3.83. The van der Waals surface area contributed by atoms with Crippen molar-refractivity contribution in [1.82, 2.24) is 9.97 Å². The van der Waals surface area contributed by atoms with Crippen molar-refractivity contribution in [2.45, 2.75) is 32.2 Å². The molecule has 4 rings (SSSR count). The standard InChI is InChI=1S/C26H25FN4O2/c27-22-5-1-3-19(15-22)12-14-29-26-25(31(18-32)17-20-4-2-13-28-16-20)11-10-24(30-26)21-6-8-23(33)9-7-21/h1-6,10-11,13,15-16,18H,7-9,12,14,17H2,(H,29,30). The maximum atomic E-state index is 13.5. The molecular weight excluding hydrogens is 419 g/mol. The van der Waals surface area contributed by atoms with Crippen LogP contribution < -0.4 is 10.2 Å². The van der Waals surface area contributed by atoms with Crippen LogP contribution >= 0.6 is 0 Å². The minimum atomic E-state index is -0.268. The van der Waals surface area contributed by atoms with Crippen LogP contribution in [0, 0.1) is 5.82 Å². The Hall–Kier alpha value is -3.87. The molecule has 6 nitrogen and oxygen atoms in total. The first-order chi connectivity index (χ1) is 16.1. The highest BCUT2D eigenvalue weighted by Gasteiger charge is 2.17. The van der Waals surface area contributed by atoms with Gasteiger partial charge < -0.3 is 10.2 Å². The number of allylic oxidation sites excluding steroid dienone is 2. The Bertz CT molecular complexity index is 1160. The number of hydrogen-bond acceptors (Lipinski definition) is 5. The van der Waals surface area contributed by atoms with E-state index in [1.54, 1.807) is 23.4 Å². The van der Waals surface area contributed by atoms with Crippen LogP contribution in [0.3, 0.4) is 0 Å². The monoisotopic (exact) mass is 444 g/mol. The van der Waals surface area contributed by atoms with Gasteiger partial charge in [0.1, 0.15) is 11.6 Å². The van der Waals surface area contributed by atoms with Crippen LogP contribution in [-0.2, 0) is 22.6 Å². The van der Waals surface area contributed by atoms with Crippen molar-refractivity contribution in [2.75, 3.05) is 16.8 Å². The third-order valence-corrected chi connectivity index (χ3v) is 5.56. The summed E-state index contributed by atoms with van der Waals surface area (Å²) in [5.74, 6) is 0.529. The molecule has 2 aromatic heterocycles. The molecule has 7 heteroatoms. The maximum absolute atomic E-state index is 13.5. The number of rotatable bonds is 9. The van der Waals surface area contributed by atoms with E-state index in [2.05, 4.69) is 10.3 Å². The molecule has 1 aromatic carbocycles. The average molecular weight is 445 g/mol. The van der Waals surface area contributed by atoms with Crippen LogP contribution in [0.2, 0.25) is 0 Å². The van der Waals surface area contributed by atoms with E-state index in [4.69, 9.17) is 4.98 Å². The molecule has 0 aliphatic heterocycles. The zero-order valence-electron chi connectivity index (χ0n) is 18.2. The first kappa shape index (κ1) is 22.3. The second kappa shape index (κ2) is 10.6. The molecule has 0 spiro atoms. The largest absolute Gasteiger partial charge is 0.368 e. The molecule has 168 valence electrons. The summed E-state index contributed by atoms with van der Waals surface area (Å²) in [4.78, 5) is 34.1. The molecule has 0 saturated heterocycles. The lowest BCUT2D eigenvalue weighted by molar-refractivity contribution is -0.118. The van der Waals surface area contributed by atoms with Gasteiger partial charge in [-0.2, -0.15) is 0 Å². The molecular formula is C26H25FN4O2. The third-order valence-electron chi connectivity index (χ3n) is 5.56. The summed E-state index contributed by atoms with van der Waals surface area (Å²) in [6, 6.07) is 14.0. The Morgan fingerprint density at radius 3 is 2.70 bits per heavy atom. The van der Waals surface area contributed by atoms with E-state index in [9.17, 15) is 14.0 Å². The molecule has 1 amide bonds. The van der Waals surface area contributed by atoms with Gasteiger partial charge in [0.05, 0.1) is 17.9 Å². The van der Waals surface area contributed by atoms with E-state index in [1.165, 1.54) is 12.1 Å². The lowest BCUT2D eigenvalue weighted by atomic mass is 9.96. The summed E-state index contributed by atoms with van der Waals surface area (Å²) in [5.41, 5.74) is 4.22. The van der Waals surface area contributed by atoms with E-state index in [0.29, 0.717) is 50.3 Å². The van der Waals surface area contributed by atoms with Gasteiger partial charge in [-0.15, -0.1) is 0 Å². The second-order valence-corrected chi connectivity index (χ2v) is 7.94. The topological polar surface area (TPSA) is 75.2 Å². The van der Waals surface area contributed by atoms with Crippen molar-refractivity contribution in [3.8, 4) is 0 Å². The van der Waals surface area contributed by atoms with E-state index in [-0.39, 0.29) is 11.6 Å². The van der Waals surface area contributed by atoms with Crippen LogP contribution in [0.15, 0.2) is 67.0 Å². The van der Waals surface area contributed by atoms with E-state index < -0.39 is 0 Å². The molecule has 1 aliphatic rings. The molecule has 0 fully saturated rings. The smallest absolute Gasteiger partial charge is 0.214 e. The molecule has 0 saturated carbocycles. The lowest BCUT2D eigenvalue weighted by Gasteiger charge is -2.22. The van der Waals surface area contributed by atoms with Gasteiger partial charge >= 0.3 is 0 Å². The molecule has 0 bridgehead atoms. The van der Waals surface area contributed by atoms with Gasteiger partial charge in [0.2, 0.25) is 6.41 Å². The van der Waals surface area contributed by atoms with Crippen LogP contribution in [0.5, 0.6) is 0 Å². The maximum Gasteiger partial charge on any atom is 0.214 e. The van der Waals surface area contributed by atoms with Crippen LogP contribution in [0.4, 0.5) is 15.9 Å². The summed E-state index contributed by atoms with van der Waals surface area (Å²) >= 11 is 0. The minimum Gasteiger partial charge on any atom is -0.368 e. The fraction of sp³-hybridized carbons (Fsp3) is 0.231. The number of ketones is 1. The Kier molecular flexibility index (Phi) is 7.19. The van der Waals surface area contributed by atoms with Gasteiger partial charge in [-0.3, -0.25) is 14.6 Å². The predicted molar refractivity (Wildman–Crippen MR) is 126 cm³/mol. The quantitative estimate of drug-likeness (QED) is 0.490. The minimum absolute atomic E-state index is 0.229. The number of nitrogens with zero attached hydrogens (tertiary/aromatic N) is 3. The summed E-state index contributed by atoms with van der Waals surface area (Å²) in [5, 5.41) is 3.33. The average Bonchev–Trinajstić information content (AvgIpc) is 2.84. The van der Waals surface area contributed by atoms with Gasteiger partial charge in [0.25, 0.3) is 0 Å². The van der Waals surface area contributed by atoms with Crippen LogP contribution in [0.25, 0.3) is 5.57 Å². The number of amides is 1. The molecule has 33 heavy (non-hydrogen) atoms. The summed E-state index contributed by atoms with van der Waals surface area (Å²) in [7, 11) is 0. The Morgan fingerprint density at radius 2 is 1.97 bits per heavy atom.